The van der Waals surface area contributed by atoms with Gasteiger partial charge in [-0.15, -0.1) is 0 Å². The number of H-pyrrole nitrogens is 1. The largest absolute Gasteiger partial charge is 0.481 e. The number of aromatic amines is 1. The Kier molecular flexibility index (Phi) is 3.91. The van der Waals surface area contributed by atoms with Crippen LogP contribution in [0.1, 0.15) is 34.5 Å². The van der Waals surface area contributed by atoms with Crippen LogP contribution in [-0.4, -0.2) is 23.0 Å². The van der Waals surface area contributed by atoms with E-state index in [1.165, 1.54) is 19.5 Å². The van der Waals surface area contributed by atoms with Gasteiger partial charge in [-0.1, -0.05) is 0 Å². The summed E-state index contributed by atoms with van der Waals surface area (Å²) in [6.07, 6.45) is 6.66. The van der Waals surface area contributed by atoms with Crippen molar-refractivity contribution in [3.8, 4) is 5.88 Å². The molecule has 0 aliphatic heterocycles. The van der Waals surface area contributed by atoms with Crippen molar-refractivity contribution in [1.82, 2.24) is 9.97 Å². The maximum Gasteiger partial charge on any atom is 0.261 e. The maximum atomic E-state index is 12.4. The number of nitrogens with one attached hydrogen (secondary N) is 2. The predicted molar refractivity (Wildman–Crippen MR) is 82.4 cm³/mol. The van der Waals surface area contributed by atoms with Gasteiger partial charge in [-0.25, -0.2) is 4.98 Å². The number of ether oxygens (including phenoxy) is 1. The summed E-state index contributed by atoms with van der Waals surface area (Å²) < 4.78 is 4.96. The number of nitrogens with zero attached hydrogens (tertiary/aromatic N) is 1. The van der Waals surface area contributed by atoms with Crippen molar-refractivity contribution in [2.75, 3.05) is 12.4 Å². The lowest BCUT2D eigenvalue weighted by atomic mass is 9.94. The minimum Gasteiger partial charge on any atom is -0.481 e. The normalized spacial score (nSPS) is 13.3. The third-order valence-electron chi connectivity index (χ3n) is 3.83. The lowest BCUT2D eigenvalue weighted by molar-refractivity contribution is 0.102. The molecule has 114 valence electrons. The number of anilines is 1. The average molecular weight is 299 g/mol. The van der Waals surface area contributed by atoms with Gasteiger partial charge in [0, 0.05) is 23.5 Å². The first-order chi connectivity index (χ1) is 10.7. The predicted octanol–water partition coefficient (Wildman–Crippen LogP) is 1.91. The summed E-state index contributed by atoms with van der Waals surface area (Å²) in [6, 6.07) is 3.32. The van der Waals surface area contributed by atoms with Gasteiger partial charge in [0.05, 0.1) is 19.0 Å². The van der Waals surface area contributed by atoms with Gasteiger partial charge in [0.2, 0.25) is 5.88 Å². The van der Waals surface area contributed by atoms with Gasteiger partial charge >= 0.3 is 0 Å². The second kappa shape index (κ2) is 6.01. The lowest BCUT2D eigenvalue weighted by Gasteiger charge is -2.15. The molecule has 1 aliphatic carbocycles. The molecular weight excluding hydrogens is 282 g/mol. The van der Waals surface area contributed by atoms with E-state index in [-0.39, 0.29) is 11.0 Å². The first kappa shape index (κ1) is 14.3. The molecule has 6 heteroatoms. The Morgan fingerprint density at radius 1 is 1.32 bits per heavy atom. The van der Waals surface area contributed by atoms with E-state index < -0.39 is 5.91 Å². The van der Waals surface area contributed by atoms with Gasteiger partial charge in [0.1, 0.15) is 5.56 Å². The van der Waals surface area contributed by atoms with E-state index in [9.17, 15) is 9.59 Å². The molecule has 1 aliphatic rings. The van der Waals surface area contributed by atoms with Gasteiger partial charge in [0.15, 0.2) is 5.43 Å². The average Bonchev–Trinajstić information content (AvgIpc) is 2.56. The number of amides is 1. The van der Waals surface area contributed by atoms with E-state index >= 15 is 0 Å². The minimum atomic E-state index is -0.429. The summed E-state index contributed by atoms with van der Waals surface area (Å²) in [6.45, 7) is 0. The van der Waals surface area contributed by atoms with Gasteiger partial charge in [-0.3, -0.25) is 9.59 Å². The molecule has 0 spiro atoms. The topological polar surface area (TPSA) is 84.1 Å². The van der Waals surface area contributed by atoms with Crippen molar-refractivity contribution in [2.45, 2.75) is 25.7 Å². The highest BCUT2D eigenvalue weighted by molar-refractivity contribution is 6.04. The summed E-state index contributed by atoms with van der Waals surface area (Å²) >= 11 is 0. The molecule has 2 aromatic rings. The van der Waals surface area contributed by atoms with Gasteiger partial charge in [-0.05, 0) is 31.7 Å². The number of carbonyl (C=O) groups is 1. The van der Waals surface area contributed by atoms with Crippen LogP contribution >= 0.6 is 0 Å². The van der Waals surface area contributed by atoms with Crippen LogP contribution in [0.3, 0.4) is 0 Å². The van der Waals surface area contributed by atoms with E-state index in [1.54, 1.807) is 12.1 Å². The molecule has 0 saturated carbocycles. The zero-order valence-corrected chi connectivity index (χ0v) is 12.3. The van der Waals surface area contributed by atoms with Crippen LogP contribution in [0.4, 0.5) is 5.69 Å². The smallest absolute Gasteiger partial charge is 0.261 e. The SMILES string of the molecule is COc1ccc(NC(=O)c2c[nH]c3c(c2=O)CCCC3)cn1. The van der Waals surface area contributed by atoms with Crippen LogP contribution in [0.2, 0.25) is 0 Å². The van der Waals surface area contributed by atoms with E-state index in [0.29, 0.717) is 11.6 Å². The summed E-state index contributed by atoms with van der Waals surface area (Å²) in [5, 5.41) is 2.68. The third kappa shape index (κ3) is 2.72. The number of hydrogen-bond donors (Lipinski definition) is 2. The Bertz CT molecular complexity index is 750. The van der Waals surface area contributed by atoms with Crippen molar-refractivity contribution in [3.05, 3.63) is 51.6 Å². The van der Waals surface area contributed by atoms with E-state index in [0.717, 1.165) is 36.9 Å². The number of methoxy groups -OCH3 is 1. The molecule has 3 rings (SSSR count). The molecular formula is C16H17N3O3. The monoisotopic (exact) mass is 299 g/mol. The Morgan fingerprint density at radius 2 is 2.14 bits per heavy atom. The number of rotatable bonds is 3. The van der Waals surface area contributed by atoms with Gasteiger partial charge in [-0.2, -0.15) is 0 Å². The Hall–Kier alpha value is -2.63. The third-order valence-corrected chi connectivity index (χ3v) is 3.83. The number of aryl methyl sites for hydroxylation is 1. The fraction of sp³-hybridized carbons (Fsp3) is 0.312. The number of hydrogen-bond acceptors (Lipinski definition) is 4. The molecule has 2 N–H and O–H groups in total. The fourth-order valence-corrected chi connectivity index (χ4v) is 2.64. The molecule has 0 bridgehead atoms. The summed E-state index contributed by atoms with van der Waals surface area (Å²) in [5.41, 5.74) is 2.18. The van der Waals surface area contributed by atoms with Crippen LogP contribution in [0.25, 0.3) is 0 Å². The van der Waals surface area contributed by atoms with Gasteiger partial charge < -0.3 is 15.0 Å². The molecule has 22 heavy (non-hydrogen) atoms. The molecule has 0 saturated heterocycles. The number of carbonyl (C=O) groups excluding carboxylic acids is 1. The second-order valence-electron chi connectivity index (χ2n) is 5.24. The molecule has 2 aromatic heterocycles. The number of fused-ring (bicyclic) bond motifs is 1. The summed E-state index contributed by atoms with van der Waals surface area (Å²) in [4.78, 5) is 31.8. The van der Waals surface area contributed by atoms with Crippen LogP contribution < -0.4 is 15.5 Å². The van der Waals surface area contributed by atoms with E-state index in [4.69, 9.17) is 4.74 Å². The highest BCUT2D eigenvalue weighted by Crippen LogP contribution is 2.17. The molecule has 0 aromatic carbocycles. The van der Waals surface area contributed by atoms with Crippen LogP contribution in [0, 0.1) is 0 Å². The Balaban J connectivity index is 1.84. The quantitative estimate of drug-likeness (QED) is 0.906. The number of pyridine rings is 2. The summed E-state index contributed by atoms with van der Waals surface area (Å²) in [7, 11) is 1.52. The lowest BCUT2D eigenvalue weighted by Crippen LogP contribution is -2.27. The summed E-state index contributed by atoms with van der Waals surface area (Å²) in [5.74, 6) is 0.0335. The van der Waals surface area contributed by atoms with Crippen LogP contribution in [0.5, 0.6) is 5.88 Å². The van der Waals surface area contributed by atoms with Crippen molar-refractivity contribution in [1.29, 1.82) is 0 Å². The molecule has 0 radical (unpaired) electrons. The highest BCUT2D eigenvalue weighted by Gasteiger charge is 2.19. The molecule has 1 amide bonds. The first-order valence-electron chi connectivity index (χ1n) is 7.24. The standard InChI is InChI=1S/C16H17N3O3/c1-22-14-7-6-10(8-18-14)19-16(21)12-9-17-13-5-3-2-4-11(13)15(12)20/h6-9H,2-5H2,1H3,(H,17,20)(H,19,21). The zero-order valence-electron chi connectivity index (χ0n) is 12.3. The van der Waals surface area contributed by atoms with Crippen molar-refractivity contribution in [3.63, 3.8) is 0 Å². The van der Waals surface area contributed by atoms with E-state index in [2.05, 4.69) is 15.3 Å². The Morgan fingerprint density at radius 3 is 2.86 bits per heavy atom. The molecule has 6 nitrogen and oxygen atoms in total. The number of aromatic nitrogens is 2. The fourth-order valence-electron chi connectivity index (χ4n) is 2.64. The molecule has 2 heterocycles. The second-order valence-corrected chi connectivity index (χ2v) is 5.24. The van der Waals surface area contributed by atoms with Crippen molar-refractivity contribution in [2.24, 2.45) is 0 Å². The van der Waals surface area contributed by atoms with E-state index in [1.807, 2.05) is 0 Å². The first-order valence-corrected chi connectivity index (χ1v) is 7.24. The zero-order chi connectivity index (χ0) is 15.5. The molecule has 0 atom stereocenters. The highest BCUT2D eigenvalue weighted by atomic mass is 16.5. The van der Waals surface area contributed by atoms with Crippen molar-refractivity contribution < 1.29 is 9.53 Å². The van der Waals surface area contributed by atoms with Crippen molar-refractivity contribution >= 4 is 11.6 Å². The minimum absolute atomic E-state index is 0.136. The Labute approximate surface area is 127 Å². The maximum absolute atomic E-state index is 12.4. The van der Waals surface area contributed by atoms with Gasteiger partial charge in [0.25, 0.3) is 5.91 Å². The van der Waals surface area contributed by atoms with Crippen LogP contribution in [0.15, 0.2) is 29.3 Å². The molecule has 0 fully saturated rings. The van der Waals surface area contributed by atoms with Crippen LogP contribution in [-0.2, 0) is 12.8 Å². The molecule has 0 unspecified atom stereocenters.